The largest absolute Gasteiger partial charge is 0.366 e. The number of nitrogens with one attached hydrogen (secondary N) is 1. The van der Waals surface area contributed by atoms with Crippen LogP contribution >= 0.6 is 12.6 Å². The predicted octanol–water partition coefficient (Wildman–Crippen LogP) is 2.69. The average Bonchev–Trinajstić information content (AvgIpc) is 2.28. The molecule has 16 heavy (non-hydrogen) atoms. The lowest BCUT2D eigenvalue weighted by atomic mass is 10.2. The number of aryl methyl sites for hydroxylation is 1. The Labute approximate surface area is 100 Å². The van der Waals surface area contributed by atoms with Gasteiger partial charge in [0.25, 0.3) is 0 Å². The van der Waals surface area contributed by atoms with E-state index in [0.717, 1.165) is 28.6 Å². The Morgan fingerprint density at radius 2 is 2.06 bits per heavy atom. The van der Waals surface area contributed by atoms with Crippen molar-refractivity contribution in [2.24, 2.45) is 0 Å². The van der Waals surface area contributed by atoms with Crippen molar-refractivity contribution in [2.75, 3.05) is 5.32 Å². The summed E-state index contributed by atoms with van der Waals surface area (Å²) < 4.78 is 0. The Balaban J connectivity index is 2.05. The SMILES string of the molecule is Cc1nccc(NCc2ccccc2S)n1. The summed E-state index contributed by atoms with van der Waals surface area (Å²) in [6.07, 6.45) is 1.75. The smallest absolute Gasteiger partial charge is 0.129 e. The molecule has 0 saturated carbocycles. The van der Waals surface area contributed by atoms with Crippen LogP contribution in [0.1, 0.15) is 11.4 Å². The van der Waals surface area contributed by atoms with Crippen LogP contribution in [0.5, 0.6) is 0 Å². The first kappa shape index (κ1) is 11.0. The van der Waals surface area contributed by atoms with E-state index >= 15 is 0 Å². The third kappa shape index (κ3) is 2.73. The number of anilines is 1. The average molecular weight is 231 g/mol. The lowest BCUT2D eigenvalue weighted by Gasteiger charge is -2.07. The predicted molar refractivity (Wildman–Crippen MR) is 67.8 cm³/mol. The lowest BCUT2D eigenvalue weighted by molar-refractivity contribution is 1.01. The first-order valence-electron chi connectivity index (χ1n) is 5.06. The van der Waals surface area contributed by atoms with Gasteiger partial charge in [-0.15, -0.1) is 12.6 Å². The van der Waals surface area contributed by atoms with E-state index in [1.54, 1.807) is 6.20 Å². The van der Waals surface area contributed by atoms with Crippen molar-refractivity contribution in [2.45, 2.75) is 18.4 Å². The molecule has 1 aromatic carbocycles. The molecule has 1 N–H and O–H groups in total. The van der Waals surface area contributed by atoms with Crippen LogP contribution in [0.25, 0.3) is 0 Å². The molecule has 0 unspecified atom stereocenters. The van der Waals surface area contributed by atoms with Crippen molar-refractivity contribution in [3.8, 4) is 0 Å². The zero-order valence-electron chi connectivity index (χ0n) is 9.01. The molecule has 0 radical (unpaired) electrons. The zero-order valence-corrected chi connectivity index (χ0v) is 9.91. The van der Waals surface area contributed by atoms with E-state index in [1.165, 1.54) is 0 Å². The molecule has 0 atom stereocenters. The molecule has 0 aliphatic rings. The van der Waals surface area contributed by atoms with E-state index in [-0.39, 0.29) is 0 Å². The van der Waals surface area contributed by atoms with Gasteiger partial charge in [-0.1, -0.05) is 18.2 Å². The summed E-state index contributed by atoms with van der Waals surface area (Å²) in [7, 11) is 0. The molecule has 4 heteroatoms. The van der Waals surface area contributed by atoms with Crippen molar-refractivity contribution < 1.29 is 0 Å². The van der Waals surface area contributed by atoms with Gasteiger partial charge in [-0.05, 0) is 24.6 Å². The highest BCUT2D eigenvalue weighted by Gasteiger charge is 1.98. The van der Waals surface area contributed by atoms with E-state index in [4.69, 9.17) is 0 Å². The number of benzene rings is 1. The van der Waals surface area contributed by atoms with Gasteiger partial charge in [0.1, 0.15) is 11.6 Å². The maximum Gasteiger partial charge on any atom is 0.129 e. The molecule has 1 aromatic heterocycles. The van der Waals surface area contributed by atoms with Crippen molar-refractivity contribution in [1.82, 2.24) is 9.97 Å². The summed E-state index contributed by atoms with van der Waals surface area (Å²) in [6, 6.07) is 9.85. The van der Waals surface area contributed by atoms with Gasteiger partial charge in [-0.25, -0.2) is 9.97 Å². The van der Waals surface area contributed by atoms with E-state index in [1.807, 2.05) is 37.3 Å². The molecule has 0 saturated heterocycles. The van der Waals surface area contributed by atoms with Gasteiger partial charge in [0.2, 0.25) is 0 Å². The molecule has 0 aliphatic carbocycles. The molecule has 0 aliphatic heterocycles. The molecular formula is C12H13N3S. The fraction of sp³-hybridized carbons (Fsp3) is 0.167. The maximum atomic E-state index is 4.39. The molecular weight excluding hydrogens is 218 g/mol. The molecule has 0 amide bonds. The Morgan fingerprint density at radius 1 is 1.25 bits per heavy atom. The number of thiol groups is 1. The summed E-state index contributed by atoms with van der Waals surface area (Å²) in [6.45, 7) is 2.59. The Kier molecular flexibility index (Phi) is 3.41. The normalized spacial score (nSPS) is 10.1. The standard InChI is InChI=1S/C12H13N3S/c1-9-13-7-6-12(15-9)14-8-10-4-2-3-5-11(10)16/h2-7,16H,8H2,1H3,(H,13,14,15). The van der Waals surface area contributed by atoms with E-state index in [0.29, 0.717) is 0 Å². The molecule has 0 spiro atoms. The topological polar surface area (TPSA) is 37.8 Å². The summed E-state index contributed by atoms with van der Waals surface area (Å²) in [5.41, 5.74) is 1.15. The first-order valence-corrected chi connectivity index (χ1v) is 5.51. The van der Waals surface area contributed by atoms with Crippen molar-refractivity contribution in [3.63, 3.8) is 0 Å². The Morgan fingerprint density at radius 3 is 2.81 bits per heavy atom. The highest BCUT2D eigenvalue weighted by molar-refractivity contribution is 7.80. The second-order valence-corrected chi connectivity index (χ2v) is 3.95. The highest BCUT2D eigenvalue weighted by atomic mass is 32.1. The second-order valence-electron chi connectivity index (χ2n) is 3.47. The third-order valence-electron chi connectivity index (χ3n) is 2.23. The first-order chi connectivity index (χ1) is 7.75. The third-order valence-corrected chi connectivity index (χ3v) is 2.66. The van der Waals surface area contributed by atoms with Crippen LogP contribution in [0.15, 0.2) is 41.4 Å². The molecule has 0 fully saturated rings. The van der Waals surface area contributed by atoms with Gasteiger partial charge in [0, 0.05) is 17.6 Å². The molecule has 0 bridgehead atoms. The fourth-order valence-electron chi connectivity index (χ4n) is 1.40. The highest BCUT2D eigenvalue weighted by Crippen LogP contribution is 2.14. The van der Waals surface area contributed by atoms with Crippen molar-refractivity contribution in [3.05, 3.63) is 47.9 Å². The van der Waals surface area contributed by atoms with Crippen LogP contribution < -0.4 is 5.32 Å². The minimum Gasteiger partial charge on any atom is -0.366 e. The van der Waals surface area contributed by atoms with Gasteiger partial charge >= 0.3 is 0 Å². The number of hydrogen-bond acceptors (Lipinski definition) is 4. The Bertz CT molecular complexity index is 485. The van der Waals surface area contributed by atoms with Crippen molar-refractivity contribution >= 4 is 18.4 Å². The van der Waals surface area contributed by atoms with Crippen LogP contribution in [-0.2, 0) is 6.54 Å². The van der Waals surface area contributed by atoms with Crippen molar-refractivity contribution in [1.29, 1.82) is 0 Å². The molecule has 2 aromatic rings. The van der Waals surface area contributed by atoms with Crippen LogP contribution in [0.2, 0.25) is 0 Å². The number of nitrogens with zero attached hydrogens (tertiary/aromatic N) is 2. The summed E-state index contributed by atoms with van der Waals surface area (Å²) in [5, 5.41) is 3.24. The van der Waals surface area contributed by atoms with Gasteiger partial charge in [0.05, 0.1) is 0 Å². The number of rotatable bonds is 3. The molecule has 82 valence electrons. The Hall–Kier alpha value is -1.55. The molecule has 3 nitrogen and oxygen atoms in total. The van der Waals surface area contributed by atoms with Crippen LogP contribution in [0.3, 0.4) is 0 Å². The van der Waals surface area contributed by atoms with E-state index in [9.17, 15) is 0 Å². The zero-order chi connectivity index (χ0) is 11.4. The van der Waals surface area contributed by atoms with E-state index in [2.05, 4.69) is 27.9 Å². The van der Waals surface area contributed by atoms with E-state index < -0.39 is 0 Å². The summed E-state index contributed by atoms with van der Waals surface area (Å²) in [5.74, 6) is 1.60. The van der Waals surface area contributed by atoms with Crippen LogP contribution in [-0.4, -0.2) is 9.97 Å². The van der Waals surface area contributed by atoms with Gasteiger partial charge < -0.3 is 5.32 Å². The molecule has 1 heterocycles. The fourth-order valence-corrected chi connectivity index (χ4v) is 1.64. The quantitative estimate of drug-likeness (QED) is 0.798. The molecule has 2 rings (SSSR count). The monoisotopic (exact) mass is 231 g/mol. The minimum absolute atomic E-state index is 0.718. The van der Waals surface area contributed by atoms with Gasteiger partial charge in [-0.2, -0.15) is 0 Å². The summed E-state index contributed by atoms with van der Waals surface area (Å²) >= 11 is 4.39. The van der Waals surface area contributed by atoms with Gasteiger partial charge in [-0.3, -0.25) is 0 Å². The maximum absolute atomic E-state index is 4.39. The van der Waals surface area contributed by atoms with Gasteiger partial charge in [0.15, 0.2) is 0 Å². The number of aromatic nitrogens is 2. The second kappa shape index (κ2) is 4.99. The summed E-state index contributed by atoms with van der Waals surface area (Å²) in [4.78, 5) is 9.30. The lowest BCUT2D eigenvalue weighted by Crippen LogP contribution is -2.03. The van der Waals surface area contributed by atoms with Crippen LogP contribution in [0, 0.1) is 6.92 Å². The minimum atomic E-state index is 0.718. The van der Waals surface area contributed by atoms with Crippen LogP contribution in [0.4, 0.5) is 5.82 Å². The number of hydrogen-bond donors (Lipinski definition) is 2.